The van der Waals surface area contributed by atoms with Crippen LogP contribution in [0.1, 0.15) is 24.0 Å². The number of carbonyl (C=O) groups excluding carboxylic acids is 1. The summed E-state index contributed by atoms with van der Waals surface area (Å²) >= 11 is 1.50. The minimum atomic E-state index is -3.32. The molecule has 0 unspecified atom stereocenters. The molecule has 0 saturated carbocycles. The van der Waals surface area contributed by atoms with Gasteiger partial charge in [-0.25, -0.2) is 17.7 Å². The fourth-order valence-electron chi connectivity index (χ4n) is 3.86. The average molecular weight is 444 g/mol. The zero-order valence-electron chi connectivity index (χ0n) is 17.1. The molecule has 1 aliphatic heterocycles. The van der Waals surface area contributed by atoms with Crippen molar-refractivity contribution in [1.82, 2.24) is 9.29 Å². The lowest BCUT2D eigenvalue weighted by Gasteiger charge is -2.33. The third kappa shape index (κ3) is 4.40. The standard InChI is InChI=1S/C22H25N3O3S2/c1-16-8-6-12-19-20(16)23-22(29-19)25(14-17-9-4-3-5-10-17)21(26)18-11-7-13-24(15-18)30(2,27)28/h3-6,8-10,12,18H,7,11,13-15H2,1-2H3/t18-/m1/s1. The second kappa shape index (κ2) is 8.45. The molecular formula is C22H25N3O3S2. The summed E-state index contributed by atoms with van der Waals surface area (Å²) in [6.07, 6.45) is 2.57. The Hall–Kier alpha value is -2.29. The Morgan fingerprint density at radius 1 is 1.20 bits per heavy atom. The maximum atomic E-state index is 13.6. The fourth-order valence-corrected chi connectivity index (χ4v) is 5.82. The third-order valence-corrected chi connectivity index (χ3v) is 7.81. The summed E-state index contributed by atoms with van der Waals surface area (Å²) in [5, 5.41) is 0.657. The zero-order chi connectivity index (χ0) is 21.3. The topological polar surface area (TPSA) is 70.6 Å². The van der Waals surface area contributed by atoms with Crippen molar-refractivity contribution in [2.24, 2.45) is 5.92 Å². The Morgan fingerprint density at radius 2 is 1.97 bits per heavy atom. The summed E-state index contributed by atoms with van der Waals surface area (Å²) < 4.78 is 26.5. The fraction of sp³-hybridized carbons (Fsp3) is 0.364. The van der Waals surface area contributed by atoms with E-state index in [9.17, 15) is 13.2 Å². The highest BCUT2D eigenvalue weighted by atomic mass is 32.2. The molecule has 158 valence electrons. The van der Waals surface area contributed by atoms with E-state index >= 15 is 0 Å². The van der Waals surface area contributed by atoms with E-state index in [4.69, 9.17) is 4.98 Å². The summed E-state index contributed by atoms with van der Waals surface area (Å²) in [5.74, 6) is -0.436. The number of thiazole rings is 1. The van der Waals surface area contributed by atoms with Crippen LogP contribution >= 0.6 is 11.3 Å². The van der Waals surface area contributed by atoms with Gasteiger partial charge >= 0.3 is 0 Å². The molecular weight excluding hydrogens is 418 g/mol. The molecule has 1 aromatic heterocycles. The molecule has 2 heterocycles. The van der Waals surface area contributed by atoms with Gasteiger partial charge in [0.25, 0.3) is 0 Å². The van der Waals surface area contributed by atoms with Crippen LogP contribution in [0.2, 0.25) is 0 Å². The van der Waals surface area contributed by atoms with Gasteiger partial charge in [0.1, 0.15) is 0 Å². The molecule has 1 saturated heterocycles. The molecule has 0 radical (unpaired) electrons. The van der Waals surface area contributed by atoms with Crippen LogP contribution in [-0.2, 0) is 21.4 Å². The number of carbonyl (C=O) groups is 1. The van der Waals surface area contributed by atoms with Crippen LogP contribution in [0.15, 0.2) is 48.5 Å². The van der Waals surface area contributed by atoms with Crippen LogP contribution in [0.3, 0.4) is 0 Å². The lowest BCUT2D eigenvalue weighted by atomic mass is 9.98. The van der Waals surface area contributed by atoms with Crippen molar-refractivity contribution < 1.29 is 13.2 Å². The van der Waals surface area contributed by atoms with Crippen LogP contribution in [0, 0.1) is 12.8 Å². The van der Waals surface area contributed by atoms with Crippen molar-refractivity contribution in [3.8, 4) is 0 Å². The highest BCUT2D eigenvalue weighted by molar-refractivity contribution is 7.88. The summed E-state index contributed by atoms with van der Waals surface area (Å²) in [4.78, 5) is 20.1. The number of sulfonamides is 1. The molecule has 4 rings (SSSR count). The molecule has 0 N–H and O–H groups in total. The first kappa shape index (κ1) is 21.0. The van der Waals surface area contributed by atoms with Crippen LogP contribution < -0.4 is 4.90 Å². The Balaban J connectivity index is 1.69. The lowest BCUT2D eigenvalue weighted by molar-refractivity contribution is -0.123. The number of fused-ring (bicyclic) bond motifs is 1. The average Bonchev–Trinajstić information content (AvgIpc) is 3.17. The smallest absolute Gasteiger partial charge is 0.233 e. The minimum Gasteiger partial charge on any atom is -0.283 e. The maximum Gasteiger partial charge on any atom is 0.233 e. The highest BCUT2D eigenvalue weighted by Crippen LogP contribution is 2.33. The number of para-hydroxylation sites is 1. The second-order valence-electron chi connectivity index (χ2n) is 7.79. The number of amides is 1. The van der Waals surface area contributed by atoms with E-state index in [1.165, 1.54) is 21.9 Å². The van der Waals surface area contributed by atoms with E-state index in [0.29, 0.717) is 31.1 Å². The molecule has 6 nitrogen and oxygen atoms in total. The number of hydrogen-bond acceptors (Lipinski definition) is 5. The molecule has 0 aliphatic carbocycles. The number of rotatable bonds is 5. The van der Waals surface area contributed by atoms with Crippen molar-refractivity contribution in [2.45, 2.75) is 26.3 Å². The first-order valence-corrected chi connectivity index (χ1v) is 12.7. The van der Waals surface area contributed by atoms with Crippen LogP contribution in [0.25, 0.3) is 10.2 Å². The first-order valence-electron chi connectivity index (χ1n) is 9.99. The maximum absolute atomic E-state index is 13.6. The van der Waals surface area contributed by atoms with Crippen molar-refractivity contribution in [2.75, 3.05) is 24.2 Å². The van der Waals surface area contributed by atoms with E-state index in [-0.39, 0.29) is 18.4 Å². The predicted molar refractivity (Wildman–Crippen MR) is 121 cm³/mol. The Kier molecular flexibility index (Phi) is 5.90. The molecule has 1 atom stereocenters. The van der Waals surface area contributed by atoms with Gasteiger partial charge in [-0.15, -0.1) is 0 Å². The third-order valence-electron chi connectivity index (χ3n) is 5.49. The van der Waals surface area contributed by atoms with E-state index in [2.05, 4.69) is 0 Å². The highest BCUT2D eigenvalue weighted by Gasteiger charge is 2.34. The molecule has 30 heavy (non-hydrogen) atoms. The van der Waals surface area contributed by atoms with Gasteiger partial charge in [0.05, 0.1) is 28.9 Å². The minimum absolute atomic E-state index is 0.0658. The number of piperidine rings is 1. The van der Waals surface area contributed by atoms with E-state index in [1.54, 1.807) is 4.90 Å². The molecule has 1 fully saturated rings. The lowest BCUT2D eigenvalue weighted by Crippen LogP contribution is -2.46. The van der Waals surface area contributed by atoms with Gasteiger partial charge in [-0.3, -0.25) is 9.69 Å². The van der Waals surface area contributed by atoms with Gasteiger partial charge in [0.15, 0.2) is 5.13 Å². The molecule has 8 heteroatoms. The number of aromatic nitrogens is 1. The summed E-state index contributed by atoms with van der Waals surface area (Å²) in [5.41, 5.74) is 2.99. The largest absolute Gasteiger partial charge is 0.283 e. The number of nitrogens with zero attached hydrogens (tertiary/aromatic N) is 3. The monoisotopic (exact) mass is 443 g/mol. The molecule has 0 spiro atoms. The van der Waals surface area contributed by atoms with Crippen molar-refractivity contribution >= 4 is 42.6 Å². The molecule has 1 amide bonds. The van der Waals surface area contributed by atoms with Gasteiger partial charge in [-0.1, -0.05) is 53.8 Å². The van der Waals surface area contributed by atoms with Crippen molar-refractivity contribution in [3.05, 3.63) is 59.7 Å². The van der Waals surface area contributed by atoms with Crippen molar-refractivity contribution in [3.63, 3.8) is 0 Å². The number of hydrogen-bond donors (Lipinski definition) is 0. The molecule has 2 aromatic carbocycles. The molecule has 0 bridgehead atoms. The van der Waals surface area contributed by atoms with E-state index in [1.807, 2.05) is 55.5 Å². The molecule has 1 aliphatic rings. The summed E-state index contributed by atoms with van der Waals surface area (Å²) in [6.45, 7) is 3.13. The predicted octanol–water partition coefficient (Wildman–Crippen LogP) is 3.81. The van der Waals surface area contributed by atoms with Gasteiger partial charge in [-0.2, -0.15) is 0 Å². The summed E-state index contributed by atoms with van der Waals surface area (Å²) in [6, 6.07) is 15.8. The van der Waals surface area contributed by atoms with Crippen LogP contribution in [-0.4, -0.2) is 43.0 Å². The normalized spacial score (nSPS) is 17.9. The Bertz CT molecular complexity index is 1160. The van der Waals surface area contributed by atoms with Crippen molar-refractivity contribution in [1.29, 1.82) is 0 Å². The number of benzene rings is 2. The SMILES string of the molecule is Cc1cccc2sc(N(Cc3ccccc3)C(=O)[C@@H]3CCCN(S(C)(=O)=O)C3)nc12. The second-order valence-corrected chi connectivity index (χ2v) is 10.8. The van der Waals surface area contributed by atoms with Gasteiger partial charge in [0, 0.05) is 13.1 Å². The Labute approximate surface area is 181 Å². The first-order chi connectivity index (χ1) is 14.3. The van der Waals surface area contributed by atoms with Gasteiger partial charge < -0.3 is 0 Å². The zero-order valence-corrected chi connectivity index (χ0v) is 18.7. The number of anilines is 1. The van der Waals surface area contributed by atoms with Crippen LogP contribution in [0.5, 0.6) is 0 Å². The Morgan fingerprint density at radius 3 is 2.67 bits per heavy atom. The van der Waals surface area contributed by atoms with E-state index < -0.39 is 10.0 Å². The quantitative estimate of drug-likeness (QED) is 0.601. The van der Waals surface area contributed by atoms with Gasteiger partial charge in [0.2, 0.25) is 15.9 Å². The number of aryl methyl sites for hydroxylation is 1. The summed E-state index contributed by atoms with van der Waals surface area (Å²) in [7, 11) is -3.32. The van der Waals surface area contributed by atoms with E-state index in [0.717, 1.165) is 21.3 Å². The van der Waals surface area contributed by atoms with Gasteiger partial charge in [-0.05, 0) is 37.0 Å². The molecule has 3 aromatic rings. The van der Waals surface area contributed by atoms with Crippen LogP contribution in [0.4, 0.5) is 5.13 Å².